The molecule has 0 saturated carbocycles. The van der Waals surface area contributed by atoms with E-state index in [2.05, 4.69) is 8.62 Å². The monoisotopic (exact) mass is 258 g/mol. The van der Waals surface area contributed by atoms with E-state index in [0.717, 1.165) is 0 Å². The molecule has 0 rings (SSSR count). The molecule has 0 saturated heterocycles. The maximum absolute atomic E-state index is 11.7. The van der Waals surface area contributed by atoms with Gasteiger partial charge in [0.05, 0.1) is 6.16 Å². The minimum Gasteiger partial charge on any atom is -0.252 e. The van der Waals surface area contributed by atoms with E-state index in [-0.39, 0.29) is 6.16 Å². The zero-order chi connectivity index (χ0) is 11.2. The first-order valence-electron chi connectivity index (χ1n) is 3.81. The summed E-state index contributed by atoms with van der Waals surface area (Å²) in [6.07, 6.45) is 3.19. The van der Waals surface area contributed by atoms with E-state index in [1.807, 2.05) is 0 Å². The standard InChI is InChI=1S/C6H13O5P3/c1-4-5-6-14(9,10-12(2)7)11-13(3)8/h4-5H,6H2,1-3H3/q+2/b5-4+. The van der Waals surface area contributed by atoms with Crippen LogP contribution in [0.3, 0.4) is 0 Å². The summed E-state index contributed by atoms with van der Waals surface area (Å²) in [6.45, 7) is 4.27. The Labute approximate surface area is 85.1 Å². The molecule has 0 aliphatic carbocycles. The fraction of sp³-hybridized carbons (Fsp3) is 0.667. The fourth-order valence-electron chi connectivity index (χ4n) is 0.666. The van der Waals surface area contributed by atoms with Crippen LogP contribution in [0.25, 0.3) is 0 Å². The van der Waals surface area contributed by atoms with E-state index in [1.165, 1.54) is 13.3 Å². The molecule has 0 aliphatic rings. The van der Waals surface area contributed by atoms with E-state index in [4.69, 9.17) is 0 Å². The molecule has 0 amide bonds. The van der Waals surface area contributed by atoms with Gasteiger partial charge in [-0.2, -0.15) is 0 Å². The fourth-order valence-corrected chi connectivity index (χ4v) is 4.86. The third kappa shape index (κ3) is 6.53. The summed E-state index contributed by atoms with van der Waals surface area (Å²) in [5, 5.41) is 0. The van der Waals surface area contributed by atoms with Crippen LogP contribution in [-0.2, 0) is 22.3 Å². The van der Waals surface area contributed by atoms with Gasteiger partial charge in [0.2, 0.25) is 0 Å². The summed E-state index contributed by atoms with van der Waals surface area (Å²) in [6, 6.07) is 0. The van der Waals surface area contributed by atoms with E-state index >= 15 is 0 Å². The Bertz CT molecular complexity index is 278. The second kappa shape index (κ2) is 6.55. The van der Waals surface area contributed by atoms with Crippen LogP contribution in [0.2, 0.25) is 0 Å². The molecule has 0 aromatic rings. The predicted octanol–water partition coefficient (Wildman–Crippen LogP) is 3.53. The molecule has 2 unspecified atom stereocenters. The maximum Gasteiger partial charge on any atom is 0.513 e. The molecule has 2 atom stereocenters. The molecule has 0 aromatic carbocycles. The van der Waals surface area contributed by atoms with Crippen LogP contribution >= 0.6 is 23.7 Å². The molecule has 0 aliphatic heterocycles. The molecule has 0 aromatic heterocycles. The number of hydrogen-bond acceptors (Lipinski definition) is 5. The van der Waals surface area contributed by atoms with Gasteiger partial charge in [0.15, 0.2) is 13.3 Å². The minimum absolute atomic E-state index is 0.0205. The van der Waals surface area contributed by atoms with Crippen LogP contribution < -0.4 is 0 Å². The third-order valence-corrected chi connectivity index (χ3v) is 5.53. The lowest BCUT2D eigenvalue weighted by Crippen LogP contribution is -1.89. The molecule has 0 fully saturated rings. The molecule has 0 bridgehead atoms. The SMILES string of the molecule is C/C=C/CP(=O)(O[P+](C)=O)O[P+](C)=O. The first-order valence-corrected chi connectivity index (χ1v) is 8.78. The van der Waals surface area contributed by atoms with Crippen molar-refractivity contribution in [3.63, 3.8) is 0 Å². The van der Waals surface area contributed by atoms with Crippen molar-refractivity contribution in [2.45, 2.75) is 6.92 Å². The van der Waals surface area contributed by atoms with Crippen LogP contribution in [0.4, 0.5) is 0 Å². The Morgan fingerprint density at radius 1 is 1.21 bits per heavy atom. The molecule has 0 heterocycles. The van der Waals surface area contributed by atoms with Crippen LogP contribution in [0, 0.1) is 0 Å². The lowest BCUT2D eigenvalue weighted by Gasteiger charge is -2.00. The van der Waals surface area contributed by atoms with Gasteiger partial charge < -0.3 is 0 Å². The molecule has 8 heteroatoms. The van der Waals surface area contributed by atoms with Gasteiger partial charge in [0, 0.05) is 0 Å². The lowest BCUT2D eigenvalue weighted by atomic mass is 10.6. The number of rotatable bonds is 6. The Morgan fingerprint density at radius 3 is 1.93 bits per heavy atom. The van der Waals surface area contributed by atoms with Gasteiger partial charge in [-0.1, -0.05) is 20.8 Å². The highest BCUT2D eigenvalue weighted by molar-refractivity contribution is 7.66. The quantitative estimate of drug-likeness (QED) is 0.538. The van der Waals surface area contributed by atoms with Crippen molar-refractivity contribution in [2.24, 2.45) is 0 Å². The second-order valence-corrected chi connectivity index (χ2v) is 7.06. The van der Waals surface area contributed by atoms with Crippen molar-refractivity contribution in [3.8, 4) is 0 Å². The van der Waals surface area contributed by atoms with Crippen molar-refractivity contribution >= 4 is 23.7 Å². The van der Waals surface area contributed by atoms with Crippen LogP contribution in [0.5, 0.6) is 0 Å². The highest BCUT2D eigenvalue weighted by atomic mass is 31.3. The average molecular weight is 258 g/mol. The predicted molar refractivity (Wildman–Crippen MR) is 56.5 cm³/mol. The van der Waals surface area contributed by atoms with Gasteiger partial charge in [-0.15, -0.1) is 0 Å². The van der Waals surface area contributed by atoms with Crippen LogP contribution in [-0.4, -0.2) is 19.5 Å². The largest absolute Gasteiger partial charge is 0.513 e. The molecule has 0 N–H and O–H groups in total. The Balaban J connectivity index is 4.57. The van der Waals surface area contributed by atoms with Gasteiger partial charge in [-0.25, -0.2) is 0 Å². The first-order chi connectivity index (χ1) is 6.39. The highest BCUT2D eigenvalue weighted by Crippen LogP contribution is 2.59. The van der Waals surface area contributed by atoms with E-state index in [9.17, 15) is 13.7 Å². The molecular weight excluding hydrogens is 245 g/mol. The van der Waals surface area contributed by atoms with E-state index < -0.39 is 23.7 Å². The summed E-state index contributed by atoms with van der Waals surface area (Å²) in [4.78, 5) is 0. The number of hydrogen-bond donors (Lipinski definition) is 0. The van der Waals surface area contributed by atoms with Crippen molar-refractivity contribution in [1.29, 1.82) is 0 Å². The molecule has 80 valence electrons. The minimum atomic E-state index is -3.50. The summed E-state index contributed by atoms with van der Waals surface area (Å²) < 4.78 is 42.6. The van der Waals surface area contributed by atoms with Crippen LogP contribution in [0.1, 0.15) is 6.92 Å². The molecule has 5 nitrogen and oxygen atoms in total. The summed E-state index contributed by atoms with van der Waals surface area (Å²) in [7, 11) is -7.57. The number of allylic oxidation sites excluding steroid dienone is 2. The summed E-state index contributed by atoms with van der Waals surface area (Å²) >= 11 is 0. The normalized spacial score (nSPS) is 17.9. The average Bonchev–Trinajstić information content (AvgIpc) is 1.97. The van der Waals surface area contributed by atoms with E-state index in [1.54, 1.807) is 19.1 Å². The van der Waals surface area contributed by atoms with Gasteiger partial charge in [0.25, 0.3) is 0 Å². The summed E-state index contributed by atoms with van der Waals surface area (Å²) in [5.74, 6) is 0. The highest BCUT2D eigenvalue weighted by Gasteiger charge is 2.39. The Morgan fingerprint density at radius 2 is 1.64 bits per heavy atom. The molecule has 0 spiro atoms. The maximum atomic E-state index is 11.7. The topological polar surface area (TPSA) is 69.7 Å². The van der Waals surface area contributed by atoms with Crippen molar-refractivity contribution in [2.75, 3.05) is 19.5 Å². The van der Waals surface area contributed by atoms with Crippen molar-refractivity contribution in [3.05, 3.63) is 12.2 Å². The zero-order valence-corrected chi connectivity index (χ0v) is 10.9. The zero-order valence-electron chi connectivity index (χ0n) is 8.24. The molecule has 14 heavy (non-hydrogen) atoms. The molecule has 0 radical (unpaired) electrons. The van der Waals surface area contributed by atoms with E-state index in [0.29, 0.717) is 0 Å². The summed E-state index contributed by atoms with van der Waals surface area (Å²) in [5.41, 5.74) is 0. The Hall–Kier alpha value is 0.0900. The lowest BCUT2D eigenvalue weighted by molar-refractivity contribution is 0.397. The Kier molecular flexibility index (Phi) is 6.59. The third-order valence-electron chi connectivity index (χ3n) is 1.04. The first kappa shape index (κ1) is 14.1. The van der Waals surface area contributed by atoms with Crippen LogP contribution in [0.15, 0.2) is 12.2 Å². The molecular formula is C6H13O5P3+2. The van der Waals surface area contributed by atoms with Gasteiger partial charge in [-0.3, -0.25) is 4.57 Å². The van der Waals surface area contributed by atoms with Gasteiger partial charge >= 0.3 is 23.7 Å². The smallest absolute Gasteiger partial charge is 0.252 e. The van der Waals surface area contributed by atoms with Crippen molar-refractivity contribution in [1.82, 2.24) is 0 Å². The van der Waals surface area contributed by atoms with Gasteiger partial charge in [-0.05, 0) is 16.1 Å². The van der Waals surface area contributed by atoms with Gasteiger partial charge in [0.1, 0.15) is 0 Å². The second-order valence-electron chi connectivity index (χ2n) is 2.41. The van der Waals surface area contributed by atoms with Crippen molar-refractivity contribution < 1.29 is 22.3 Å².